The molecule has 0 bridgehead atoms. The van der Waals surface area contributed by atoms with E-state index < -0.39 is 11.8 Å². The summed E-state index contributed by atoms with van der Waals surface area (Å²) >= 11 is 0. The average molecular weight is 225 g/mol. The van der Waals surface area contributed by atoms with Crippen LogP contribution in [0.25, 0.3) is 0 Å². The van der Waals surface area contributed by atoms with Gasteiger partial charge in [-0.1, -0.05) is 24.3 Å². The number of nitrogens with two attached hydrogens (primary N) is 1. The Kier molecular flexibility index (Phi) is 3.24. The van der Waals surface area contributed by atoms with Crippen molar-refractivity contribution in [2.24, 2.45) is 11.7 Å². The molecule has 16 heavy (non-hydrogen) atoms. The summed E-state index contributed by atoms with van der Waals surface area (Å²) in [6.45, 7) is 0.639. The molecule has 2 N–H and O–H groups in total. The lowest BCUT2D eigenvalue weighted by Crippen LogP contribution is -2.15. The average Bonchev–Trinajstić information content (AvgIpc) is 3.11. The first kappa shape index (κ1) is 11.5. The molecule has 3 heteroatoms. The second-order valence-electron chi connectivity index (χ2n) is 4.49. The first-order chi connectivity index (χ1) is 7.64. The van der Waals surface area contributed by atoms with Gasteiger partial charge in [0.2, 0.25) is 0 Å². The summed E-state index contributed by atoms with van der Waals surface area (Å²) in [6, 6.07) is 6.71. The van der Waals surface area contributed by atoms with Crippen molar-refractivity contribution in [3.63, 3.8) is 0 Å². The van der Waals surface area contributed by atoms with Crippen LogP contribution in [0.5, 0.6) is 0 Å². The van der Waals surface area contributed by atoms with E-state index in [1.54, 1.807) is 24.3 Å². The third-order valence-corrected chi connectivity index (χ3v) is 3.10. The maximum Gasteiger partial charge on any atom is 0.276 e. The van der Waals surface area contributed by atoms with Gasteiger partial charge in [-0.15, -0.1) is 0 Å². The number of aryl methyl sites for hydroxylation is 1. The van der Waals surface area contributed by atoms with Crippen LogP contribution in [0.1, 0.15) is 30.4 Å². The second-order valence-corrected chi connectivity index (χ2v) is 4.49. The minimum Gasteiger partial charge on any atom is -0.330 e. The van der Waals surface area contributed by atoms with Crippen molar-refractivity contribution in [2.75, 3.05) is 6.54 Å². The van der Waals surface area contributed by atoms with Gasteiger partial charge in [-0.25, -0.2) is 8.78 Å². The summed E-state index contributed by atoms with van der Waals surface area (Å²) in [5.41, 5.74) is 6.65. The SMILES string of the molecule is NCCCc1ccc(C(F)(F)C2CC2)cc1. The topological polar surface area (TPSA) is 26.0 Å². The summed E-state index contributed by atoms with van der Waals surface area (Å²) in [4.78, 5) is 0. The van der Waals surface area contributed by atoms with Gasteiger partial charge in [0.25, 0.3) is 5.92 Å². The highest BCUT2D eigenvalue weighted by molar-refractivity contribution is 5.27. The molecule has 0 unspecified atom stereocenters. The van der Waals surface area contributed by atoms with Crippen molar-refractivity contribution in [1.82, 2.24) is 0 Å². The minimum absolute atomic E-state index is 0.159. The molecule has 0 saturated heterocycles. The molecule has 88 valence electrons. The number of halogens is 2. The van der Waals surface area contributed by atoms with Crippen molar-refractivity contribution >= 4 is 0 Å². The van der Waals surface area contributed by atoms with E-state index in [-0.39, 0.29) is 5.56 Å². The predicted octanol–water partition coefficient (Wildman–Crippen LogP) is 3.08. The molecule has 1 aliphatic carbocycles. The summed E-state index contributed by atoms with van der Waals surface area (Å²) < 4.78 is 27.4. The Bertz CT molecular complexity index is 341. The number of rotatable bonds is 5. The van der Waals surface area contributed by atoms with Gasteiger partial charge in [0.1, 0.15) is 0 Å². The highest BCUT2D eigenvalue weighted by Gasteiger charge is 2.47. The maximum absolute atomic E-state index is 13.7. The molecule has 1 saturated carbocycles. The van der Waals surface area contributed by atoms with Crippen LogP contribution >= 0.6 is 0 Å². The van der Waals surface area contributed by atoms with E-state index in [1.165, 1.54) is 0 Å². The molecule has 0 aliphatic heterocycles. The Morgan fingerprint density at radius 1 is 1.19 bits per heavy atom. The van der Waals surface area contributed by atoms with Crippen LogP contribution in [0.4, 0.5) is 8.78 Å². The molecule has 0 radical (unpaired) electrons. The second kappa shape index (κ2) is 4.50. The molecule has 1 fully saturated rings. The predicted molar refractivity (Wildman–Crippen MR) is 60.4 cm³/mol. The van der Waals surface area contributed by atoms with Crippen molar-refractivity contribution in [3.05, 3.63) is 35.4 Å². The molecule has 0 aromatic heterocycles. The monoisotopic (exact) mass is 225 g/mol. The fourth-order valence-electron chi connectivity index (χ4n) is 1.88. The summed E-state index contributed by atoms with van der Waals surface area (Å²) in [7, 11) is 0. The Morgan fingerprint density at radius 3 is 2.31 bits per heavy atom. The Morgan fingerprint density at radius 2 is 1.81 bits per heavy atom. The molecular weight excluding hydrogens is 208 g/mol. The van der Waals surface area contributed by atoms with Crippen LogP contribution in [-0.2, 0) is 12.3 Å². The van der Waals surface area contributed by atoms with Crippen molar-refractivity contribution in [1.29, 1.82) is 0 Å². The maximum atomic E-state index is 13.7. The van der Waals surface area contributed by atoms with Gasteiger partial charge < -0.3 is 5.73 Å². The highest BCUT2D eigenvalue weighted by Crippen LogP contribution is 2.49. The van der Waals surface area contributed by atoms with E-state index in [9.17, 15) is 8.78 Å². The molecule has 0 spiro atoms. The van der Waals surface area contributed by atoms with Crippen molar-refractivity contribution < 1.29 is 8.78 Å². The number of hydrogen-bond acceptors (Lipinski definition) is 1. The zero-order chi connectivity index (χ0) is 11.6. The van der Waals surface area contributed by atoms with E-state index in [2.05, 4.69) is 0 Å². The lowest BCUT2D eigenvalue weighted by Gasteiger charge is -2.16. The fourth-order valence-corrected chi connectivity index (χ4v) is 1.88. The molecule has 0 amide bonds. The van der Waals surface area contributed by atoms with Gasteiger partial charge in [0.15, 0.2) is 0 Å². The van der Waals surface area contributed by atoms with E-state index in [1.807, 2.05) is 0 Å². The normalized spacial score (nSPS) is 16.4. The largest absolute Gasteiger partial charge is 0.330 e. The molecular formula is C13H17F2N. The van der Waals surface area contributed by atoms with E-state index in [4.69, 9.17) is 5.73 Å². The Labute approximate surface area is 94.7 Å². The van der Waals surface area contributed by atoms with Gasteiger partial charge in [-0.2, -0.15) is 0 Å². The van der Waals surface area contributed by atoms with Gasteiger partial charge in [0, 0.05) is 11.5 Å². The zero-order valence-corrected chi connectivity index (χ0v) is 9.26. The van der Waals surface area contributed by atoms with Gasteiger partial charge in [0.05, 0.1) is 0 Å². The third kappa shape index (κ3) is 2.40. The summed E-state index contributed by atoms with van der Waals surface area (Å²) in [5.74, 6) is -3.06. The van der Waals surface area contributed by atoms with E-state index >= 15 is 0 Å². The van der Waals surface area contributed by atoms with Crippen LogP contribution in [0.3, 0.4) is 0 Å². The number of hydrogen-bond donors (Lipinski definition) is 1. The first-order valence-electron chi connectivity index (χ1n) is 5.82. The zero-order valence-electron chi connectivity index (χ0n) is 9.26. The van der Waals surface area contributed by atoms with Crippen molar-refractivity contribution in [3.8, 4) is 0 Å². The lowest BCUT2D eigenvalue weighted by atomic mass is 10.0. The smallest absolute Gasteiger partial charge is 0.276 e. The van der Waals surface area contributed by atoms with Crippen LogP contribution < -0.4 is 5.73 Å². The molecule has 1 aromatic rings. The summed E-state index contributed by atoms with van der Waals surface area (Å²) in [5, 5.41) is 0. The molecule has 1 aliphatic rings. The minimum atomic E-state index is -2.63. The van der Waals surface area contributed by atoms with Crippen molar-refractivity contribution in [2.45, 2.75) is 31.6 Å². The van der Waals surface area contributed by atoms with E-state index in [0.717, 1.165) is 18.4 Å². The first-order valence-corrected chi connectivity index (χ1v) is 5.82. The quantitative estimate of drug-likeness (QED) is 0.818. The van der Waals surface area contributed by atoms with Gasteiger partial charge in [-0.05, 0) is 37.8 Å². The Hall–Kier alpha value is -0.960. The van der Waals surface area contributed by atoms with Crippen LogP contribution in [0, 0.1) is 5.92 Å². The highest BCUT2D eigenvalue weighted by atomic mass is 19.3. The van der Waals surface area contributed by atoms with Gasteiger partial charge >= 0.3 is 0 Å². The molecule has 0 atom stereocenters. The van der Waals surface area contributed by atoms with Crippen LogP contribution in [0.2, 0.25) is 0 Å². The third-order valence-electron chi connectivity index (χ3n) is 3.10. The molecule has 1 aromatic carbocycles. The summed E-state index contributed by atoms with van der Waals surface area (Å²) in [6.07, 6.45) is 3.08. The lowest BCUT2D eigenvalue weighted by molar-refractivity contribution is -0.0285. The number of alkyl halides is 2. The fraction of sp³-hybridized carbons (Fsp3) is 0.538. The van der Waals surface area contributed by atoms with Gasteiger partial charge in [-0.3, -0.25) is 0 Å². The standard InChI is InChI=1S/C13H17F2N/c14-13(15,12-7-8-12)11-5-3-10(4-6-11)2-1-9-16/h3-6,12H,1-2,7-9,16H2. The molecule has 1 nitrogen and oxygen atoms in total. The van der Waals surface area contributed by atoms with E-state index in [0.29, 0.717) is 19.4 Å². The van der Waals surface area contributed by atoms with Crippen LogP contribution in [0.15, 0.2) is 24.3 Å². The molecule has 2 rings (SSSR count). The molecule has 0 heterocycles. The van der Waals surface area contributed by atoms with Crippen LogP contribution in [-0.4, -0.2) is 6.54 Å². The Balaban J connectivity index is 2.06. The number of benzene rings is 1.